The average Bonchev–Trinajstić information content (AvgIpc) is 2.18. The first-order chi connectivity index (χ1) is 4.34. The van der Waals surface area contributed by atoms with E-state index in [-0.39, 0.29) is 0 Å². The summed E-state index contributed by atoms with van der Waals surface area (Å²) in [5.74, 6) is 0.697. The summed E-state index contributed by atoms with van der Waals surface area (Å²) in [6, 6.07) is 0. The molecule has 0 saturated heterocycles. The molecule has 1 aromatic heterocycles. The van der Waals surface area contributed by atoms with Crippen LogP contribution in [0.25, 0.3) is 0 Å². The van der Waals surface area contributed by atoms with E-state index in [9.17, 15) is 0 Å². The van der Waals surface area contributed by atoms with Gasteiger partial charge in [0.1, 0.15) is 0 Å². The van der Waals surface area contributed by atoms with Gasteiger partial charge in [-0.25, -0.2) is 0 Å². The number of halogens is 1. The van der Waals surface area contributed by atoms with E-state index in [0.29, 0.717) is 12.5 Å². The minimum atomic E-state index is 0.669. The van der Waals surface area contributed by atoms with Gasteiger partial charge >= 0.3 is 0 Å². The second-order valence-corrected chi connectivity index (χ2v) is 2.88. The van der Waals surface area contributed by atoms with Gasteiger partial charge in [0.2, 0.25) is 5.88 Å². The monoisotopic (exact) mass is 207 g/mol. The fourth-order valence-electron chi connectivity index (χ4n) is 0.447. The third-order valence-corrected chi connectivity index (χ3v) is 2.26. The van der Waals surface area contributed by atoms with Crippen molar-refractivity contribution in [3.05, 3.63) is 9.85 Å². The lowest BCUT2D eigenvalue weighted by molar-refractivity contribution is 0.328. The van der Waals surface area contributed by atoms with Crippen LogP contribution in [0.3, 0.4) is 0 Å². The molecule has 0 saturated carbocycles. The molecule has 0 aliphatic carbocycles. The standard InChI is InChI=1S/C5H6BrNOS/c1-2-8-5-4(6)3-9-7-5/h3H,2H2,1H3. The van der Waals surface area contributed by atoms with E-state index in [4.69, 9.17) is 4.74 Å². The maximum Gasteiger partial charge on any atom is 0.239 e. The van der Waals surface area contributed by atoms with Crippen LogP contribution in [-0.4, -0.2) is 11.0 Å². The van der Waals surface area contributed by atoms with Crippen LogP contribution in [0.4, 0.5) is 0 Å². The molecule has 0 radical (unpaired) electrons. The number of rotatable bonds is 2. The highest BCUT2D eigenvalue weighted by Gasteiger charge is 2.00. The zero-order chi connectivity index (χ0) is 6.69. The molecule has 0 spiro atoms. The molecule has 0 aliphatic rings. The van der Waals surface area contributed by atoms with Gasteiger partial charge in [0.25, 0.3) is 0 Å². The van der Waals surface area contributed by atoms with Crippen molar-refractivity contribution in [3.63, 3.8) is 0 Å². The third-order valence-electron chi connectivity index (χ3n) is 0.777. The van der Waals surface area contributed by atoms with Gasteiger partial charge in [-0.15, -0.1) is 0 Å². The zero-order valence-electron chi connectivity index (χ0n) is 4.93. The van der Waals surface area contributed by atoms with E-state index >= 15 is 0 Å². The first kappa shape index (κ1) is 7.02. The highest BCUT2D eigenvalue weighted by atomic mass is 79.9. The molecule has 9 heavy (non-hydrogen) atoms. The first-order valence-corrected chi connectivity index (χ1v) is 4.20. The van der Waals surface area contributed by atoms with Crippen molar-refractivity contribution in [2.24, 2.45) is 0 Å². The van der Waals surface area contributed by atoms with Crippen molar-refractivity contribution in [1.29, 1.82) is 0 Å². The smallest absolute Gasteiger partial charge is 0.239 e. The molecule has 0 unspecified atom stereocenters. The van der Waals surface area contributed by atoms with Crippen LogP contribution in [-0.2, 0) is 0 Å². The maximum atomic E-state index is 5.13. The normalized spacial score (nSPS) is 9.56. The highest BCUT2D eigenvalue weighted by Crippen LogP contribution is 2.24. The van der Waals surface area contributed by atoms with E-state index in [2.05, 4.69) is 20.3 Å². The maximum absolute atomic E-state index is 5.13. The predicted octanol–water partition coefficient (Wildman–Crippen LogP) is 2.30. The van der Waals surface area contributed by atoms with Crippen LogP contribution in [0.5, 0.6) is 5.88 Å². The van der Waals surface area contributed by atoms with E-state index in [0.717, 1.165) is 4.47 Å². The molecule has 0 aromatic carbocycles. The third kappa shape index (κ3) is 1.66. The lowest BCUT2D eigenvalue weighted by atomic mass is 10.7. The molecule has 1 aromatic rings. The Morgan fingerprint density at radius 3 is 3.11 bits per heavy atom. The van der Waals surface area contributed by atoms with Crippen molar-refractivity contribution < 1.29 is 4.74 Å². The Balaban J connectivity index is 2.69. The Labute approximate surface area is 66.1 Å². The van der Waals surface area contributed by atoms with Gasteiger partial charge < -0.3 is 4.74 Å². The van der Waals surface area contributed by atoms with Gasteiger partial charge in [-0.1, -0.05) is 0 Å². The second-order valence-electron chi connectivity index (χ2n) is 1.40. The van der Waals surface area contributed by atoms with Crippen molar-refractivity contribution in [3.8, 4) is 5.88 Å². The van der Waals surface area contributed by atoms with E-state index in [1.165, 1.54) is 11.5 Å². The number of hydrogen-bond acceptors (Lipinski definition) is 3. The Bertz CT molecular complexity index is 189. The summed E-state index contributed by atoms with van der Waals surface area (Å²) in [7, 11) is 0. The Morgan fingerprint density at radius 2 is 2.67 bits per heavy atom. The van der Waals surface area contributed by atoms with Gasteiger partial charge in [-0.2, -0.15) is 4.37 Å². The first-order valence-electron chi connectivity index (χ1n) is 2.57. The summed E-state index contributed by atoms with van der Waals surface area (Å²) in [4.78, 5) is 0. The van der Waals surface area contributed by atoms with Crippen LogP contribution >= 0.6 is 27.5 Å². The molecule has 1 heterocycles. The molecular formula is C5H6BrNOS. The van der Waals surface area contributed by atoms with Gasteiger partial charge in [0.15, 0.2) is 0 Å². The molecule has 1 rings (SSSR count). The summed E-state index contributed by atoms with van der Waals surface area (Å²) in [6.45, 7) is 2.61. The largest absolute Gasteiger partial charge is 0.477 e. The minimum Gasteiger partial charge on any atom is -0.477 e. The predicted molar refractivity (Wildman–Crippen MR) is 41.0 cm³/mol. The number of hydrogen-bond donors (Lipinski definition) is 0. The number of aromatic nitrogens is 1. The van der Waals surface area contributed by atoms with Crippen LogP contribution < -0.4 is 4.74 Å². The molecule has 50 valence electrons. The number of nitrogens with zero attached hydrogens (tertiary/aromatic N) is 1. The lowest BCUT2D eigenvalue weighted by Crippen LogP contribution is -1.90. The van der Waals surface area contributed by atoms with Gasteiger partial charge in [-0.3, -0.25) is 0 Å². The molecule has 0 aliphatic heterocycles. The lowest BCUT2D eigenvalue weighted by Gasteiger charge is -1.95. The van der Waals surface area contributed by atoms with Crippen LogP contribution in [0.15, 0.2) is 9.85 Å². The summed E-state index contributed by atoms with van der Waals surface area (Å²) < 4.78 is 10.0. The van der Waals surface area contributed by atoms with Crippen molar-refractivity contribution in [2.75, 3.05) is 6.61 Å². The van der Waals surface area contributed by atoms with Crippen LogP contribution in [0.1, 0.15) is 6.92 Å². The summed E-state index contributed by atoms with van der Waals surface area (Å²) >= 11 is 4.67. The summed E-state index contributed by atoms with van der Waals surface area (Å²) in [6.07, 6.45) is 0. The Hall–Kier alpha value is -0.0900. The molecule has 0 amide bonds. The Kier molecular flexibility index (Phi) is 2.48. The SMILES string of the molecule is CCOc1nscc1Br. The molecule has 0 fully saturated rings. The summed E-state index contributed by atoms with van der Waals surface area (Å²) in [5, 5.41) is 1.89. The van der Waals surface area contributed by atoms with Crippen LogP contribution in [0.2, 0.25) is 0 Å². The topological polar surface area (TPSA) is 22.1 Å². The van der Waals surface area contributed by atoms with Gasteiger partial charge in [-0.05, 0) is 34.4 Å². The zero-order valence-corrected chi connectivity index (χ0v) is 7.33. The molecule has 4 heteroatoms. The molecular weight excluding hydrogens is 202 g/mol. The quantitative estimate of drug-likeness (QED) is 0.743. The second kappa shape index (κ2) is 3.17. The van der Waals surface area contributed by atoms with Crippen molar-refractivity contribution in [2.45, 2.75) is 6.92 Å². The molecule has 0 bridgehead atoms. The van der Waals surface area contributed by atoms with Gasteiger partial charge in [0, 0.05) is 5.38 Å². The van der Waals surface area contributed by atoms with Crippen molar-refractivity contribution in [1.82, 2.24) is 4.37 Å². The van der Waals surface area contributed by atoms with Crippen LogP contribution in [0, 0.1) is 0 Å². The van der Waals surface area contributed by atoms with Crippen molar-refractivity contribution >= 4 is 27.5 Å². The summed E-state index contributed by atoms with van der Waals surface area (Å²) in [5.41, 5.74) is 0. The average molecular weight is 208 g/mol. The van der Waals surface area contributed by atoms with Gasteiger partial charge in [0.05, 0.1) is 11.1 Å². The Morgan fingerprint density at radius 1 is 1.89 bits per heavy atom. The highest BCUT2D eigenvalue weighted by molar-refractivity contribution is 9.10. The fraction of sp³-hybridized carbons (Fsp3) is 0.400. The van der Waals surface area contributed by atoms with E-state index in [1.54, 1.807) is 0 Å². The molecule has 0 N–H and O–H groups in total. The molecule has 2 nitrogen and oxygen atoms in total. The van der Waals surface area contributed by atoms with E-state index in [1.807, 2.05) is 12.3 Å². The fourth-order valence-corrected chi connectivity index (χ4v) is 1.51. The molecule has 0 atom stereocenters. The van der Waals surface area contributed by atoms with E-state index < -0.39 is 0 Å². The minimum absolute atomic E-state index is 0.669. The number of ether oxygens (including phenoxy) is 1.